The highest BCUT2D eigenvalue weighted by Gasteiger charge is 2.35. The van der Waals surface area contributed by atoms with Crippen molar-refractivity contribution in [2.24, 2.45) is 5.10 Å². The van der Waals surface area contributed by atoms with Gasteiger partial charge in [-0.05, 0) is 48.0 Å². The van der Waals surface area contributed by atoms with E-state index in [-0.39, 0.29) is 17.3 Å². The SMILES string of the molecule is COc1cc(/C=N\N2C(=O)c3ccccc3C2=O)ccc1OC(=O)c1ccco1. The molecule has 1 aromatic heterocycles. The molecule has 8 heteroatoms. The summed E-state index contributed by atoms with van der Waals surface area (Å²) in [4.78, 5) is 36.7. The lowest BCUT2D eigenvalue weighted by Gasteiger charge is -2.09. The topological polar surface area (TPSA) is 98.4 Å². The van der Waals surface area contributed by atoms with Crippen LogP contribution in [0.5, 0.6) is 11.5 Å². The van der Waals surface area contributed by atoms with Crippen LogP contribution in [0.3, 0.4) is 0 Å². The zero-order valence-corrected chi connectivity index (χ0v) is 15.2. The van der Waals surface area contributed by atoms with Crippen molar-refractivity contribution < 1.29 is 28.3 Å². The number of benzene rings is 2. The Morgan fingerprint density at radius 1 is 1.00 bits per heavy atom. The number of nitrogens with zero attached hydrogens (tertiary/aromatic N) is 2. The highest BCUT2D eigenvalue weighted by molar-refractivity contribution is 6.21. The van der Waals surface area contributed by atoms with Crippen LogP contribution in [0.2, 0.25) is 0 Å². The minimum absolute atomic E-state index is 0.0586. The maximum absolute atomic E-state index is 12.3. The van der Waals surface area contributed by atoms with E-state index >= 15 is 0 Å². The fraction of sp³-hybridized carbons (Fsp3) is 0.0476. The van der Waals surface area contributed by atoms with E-state index in [1.54, 1.807) is 42.5 Å². The molecule has 2 heterocycles. The summed E-state index contributed by atoms with van der Waals surface area (Å²) in [5.41, 5.74) is 1.16. The van der Waals surface area contributed by atoms with Crippen molar-refractivity contribution in [2.75, 3.05) is 7.11 Å². The largest absolute Gasteiger partial charge is 0.493 e. The van der Waals surface area contributed by atoms with Crippen LogP contribution in [-0.2, 0) is 0 Å². The second-order valence-electron chi connectivity index (χ2n) is 5.99. The van der Waals surface area contributed by atoms with E-state index in [0.717, 1.165) is 5.01 Å². The molecule has 0 saturated heterocycles. The summed E-state index contributed by atoms with van der Waals surface area (Å²) >= 11 is 0. The summed E-state index contributed by atoms with van der Waals surface area (Å²) < 4.78 is 15.5. The first-order valence-corrected chi connectivity index (χ1v) is 8.54. The Bertz CT molecular complexity index is 1100. The van der Waals surface area contributed by atoms with E-state index in [9.17, 15) is 14.4 Å². The van der Waals surface area contributed by atoms with E-state index in [0.29, 0.717) is 16.7 Å². The van der Waals surface area contributed by atoms with E-state index in [1.807, 2.05) is 0 Å². The summed E-state index contributed by atoms with van der Waals surface area (Å²) in [6.45, 7) is 0. The Hall–Kier alpha value is -4.20. The summed E-state index contributed by atoms with van der Waals surface area (Å²) in [5.74, 6) is -1.12. The van der Waals surface area contributed by atoms with Crippen molar-refractivity contribution in [1.29, 1.82) is 0 Å². The Labute approximate surface area is 164 Å². The predicted molar refractivity (Wildman–Crippen MR) is 101 cm³/mol. The lowest BCUT2D eigenvalue weighted by molar-refractivity contribution is 0.0656. The number of hydrogen-bond donors (Lipinski definition) is 0. The van der Waals surface area contributed by atoms with Crippen LogP contribution in [-0.4, -0.2) is 36.1 Å². The van der Waals surface area contributed by atoms with Crippen molar-refractivity contribution in [3.63, 3.8) is 0 Å². The predicted octanol–water partition coefficient (Wildman–Crippen LogP) is 3.14. The third-order valence-corrected chi connectivity index (χ3v) is 4.21. The summed E-state index contributed by atoms with van der Waals surface area (Å²) in [5, 5.41) is 4.82. The van der Waals surface area contributed by atoms with E-state index < -0.39 is 17.8 Å². The van der Waals surface area contributed by atoms with Gasteiger partial charge in [-0.2, -0.15) is 10.1 Å². The van der Waals surface area contributed by atoms with Crippen LogP contribution in [0.25, 0.3) is 0 Å². The molecule has 2 amide bonds. The summed E-state index contributed by atoms with van der Waals surface area (Å²) in [6.07, 6.45) is 2.72. The van der Waals surface area contributed by atoms with Crippen molar-refractivity contribution in [2.45, 2.75) is 0 Å². The molecule has 0 saturated carbocycles. The molecule has 4 rings (SSSR count). The van der Waals surface area contributed by atoms with E-state index in [2.05, 4.69) is 5.10 Å². The second-order valence-corrected chi connectivity index (χ2v) is 5.99. The van der Waals surface area contributed by atoms with E-state index in [1.165, 1.54) is 31.7 Å². The molecule has 0 unspecified atom stereocenters. The van der Waals surface area contributed by atoms with Gasteiger partial charge in [0.25, 0.3) is 11.8 Å². The van der Waals surface area contributed by atoms with Gasteiger partial charge in [-0.3, -0.25) is 9.59 Å². The van der Waals surface area contributed by atoms with Gasteiger partial charge in [0, 0.05) is 0 Å². The zero-order chi connectivity index (χ0) is 20.4. The number of ether oxygens (including phenoxy) is 2. The number of amides is 2. The average molecular weight is 390 g/mol. The molecule has 0 radical (unpaired) electrons. The number of hydrazone groups is 1. The monoisotopic (exact) mass is 390 g/mol. The van der Waals surface area contributed by atoms with Crippen LogP contribution in [0, 0.1) is 0 Å². The van der Waals surface area contributed by atoms with E-state index in [4.69, 9.17) is 13.9 Å². The van der Waals surface area contributed by atoms with Crippen LogP contribution < -0.4 is 9.47 Å². The third kappa shape index (κ3) is 3.39. The number of carbonyl (C=O) groups is 3. The smallest absolute Gasteiger partial charge is 0.379 e. The van der Waals surface area contributed by atoms with Crippen LogP contribution in [0.4, 0.5) is 0 Å². The van der Waals surface area contributed by atoms with Crippen molar-refractivity contribution >= 4 is 24.0 Å². The van der Waals surface area contributed by atoms with Gasteiger partial charge in [-0.15, -0.1) is 0 Å². The van der Waals surface area contributed by atoms with Gasteiger partial charge in [-0.1, -0.05) is 12.1 Å². The van der Waals surface area contributed by atoms with Crippen LogP contribution in [0.15, 0.2) is 70.4 Å². The lowest BCUT2D eigenvalue weighted by atomic mass is 10.1. The first-order chi connectivity index (χ1) is 14.1. The molecule has 0 N–H and O–H groups in total. The molecule has 0 spiro atoms. The number of rotatable bonds is 5. The van der Waals surface area contributed by atoms with Gasteiger partial charge in [-0.25, -0.2) is 4.79 Å². The highest BCUT2D eigenvalue weighted by Crippen LogP contribution is 2.29. The first kappa shape index (κ1) is 18.2. The molecule has 0 atom stereocenters. The Morgan fingerprint density at radius 2 is 1.72 bits per heavy atom. The number of imide groups is 1. The highest BCUT2D eigenvalue weighted by atomic mass is 16.6. The Balaban J connectivity index is 1.53. The Kier molecular flexibility index (Phi) is 4.66. The molecule has 1 aliphatic rings. The standard InChI is InChI=1S/C21H14N2O6/c1-27-18-11-13(8-9-16(18)29-21(26)17-7-4-10-28-17)12-22-23-19(24)14-5-2-3-6-15(14)20(23)25/h2-12H,1H3/b22-12-. The molecule has 8 nitrogen and oxygen atoms in total. The van der Waals surface area contributed by atoms with Gasteiger partial charge >= 0.3 is 5.97 Å². The average Bonchev–Trinajstić information content (AvgIpc) is 3.36. The molecule has 0 aliphatic carbocycles. The molecule has 1 aliphatic heterocycles. The fourth-order valence-corrected chi connectivity index (χ4v) is 2.80. The molecular weight excluding hydrogens is 376 g/mol. The summed E-state index contributed by atoms with van der Waals surface area (Å²) in [7, 11) is 1.42. The maximum Gasteiger partial charge on any atom is 0.379 e. The molecule has 2 aromatic carbocycles. The molecule has 29 heavy (non-hydrogen) atoms. The van der Waals surface area contributed by atoms with Gasteiger partial charge in [0.1, 0.15) is 0 Å². The fourth-order valence-electron chi connectivity index (χ4n) is 2.80. The molecule has 0 fully saturated rings. The second kappa shape index (κ2) is 7.43. The maximum atomic E-state index is 12.3. The van der Waals surface area contributed by atoms with Gasteiger partial charge in [0.15, 0.2) is 11.5 Å². The van der Waals surface area contributed by atoms with Gasteiger partial charge in [0.2, 0.25) is 5.76 Å². The molecular formula is C21H14N2O6. The van der Waals surface area contributed by atoms with Gasteiger partial charge in [0.05, 0.1) is 30.7 Å². The quantitative estimate of drug-likeness (QED) is 0.287. The lowest BCUT2D eigenvalue weighted by Crippen LogP contribution is -2.24. The third-order valence-electron chi connectivity index (χ3n) is 4.21. The van der Waals surface area contributed by atoms with Crippen LogP contribution in [0.1, 0.15) is 36.8 Å². The first-order valence-electron chi connectivity index (χ1n) is 8.54. The van der Waals surface area contributed by atoms with Crippen LogP contribution >= 0.6 is 0 Å². The minimum atomic E-state index is -0.666. The van der Waals surface area contributed by atoms with Gasteiger partial charge < -0.3 is 13.9 Å². The number of esters is 1. The number of furan rings is 1. The molecule has 144 valence electrons. The Morgan fingerprint density at radius 3 is 2.34 bits per heavy atom. The summed E-state index contributed by atoms with van der Waals surface area (Å²) in [6, 6.07) is 14.3. The van der Waals surface area contributed by atoms with Crippen molar-refractivity contribution in [3.8, 4) is 11.5 Å². The molecule has 0 bridgehead atoms. The normalized spacial score (nSPS) is 13.1. The molecule has 3 aromatic rings. The zero-order valence-electron chi connectivity index (χ0n) is 15.2. The van der Waals surface area contributed by atoms with Crippen molar-refractivity contribution in [1.82, 2.24) is 5.01 Å². The van der Waals surface area contributed by atoms with Crippen molar-refractivity contribution in [3.05, 3.63) is 83.3 Å². The number of fused-ring (bicyclic) bond motifs is 1. The number of carbonyl (C=O) groups excluding carboxylic acids is 3. The number of methoxy groups -OCH3 is 1. The number of hydrogen-bond acceptors (Lipinski definition) is 7. The minimum Gasteiger partial charge on any atom is -0.493 e.